The van der Waals surface area contributed by atoms with Crippen molar-refractivity contribution in [3.05, 3.63) is 71.8 Å². The Kier molecular flexibility index (Phi) is 16.7. The molecular weight excluding hydrogens is 495 g/mol. The van der Waals surface area contributed by atoms with Crippen LogP contribution in [0.4, 0.5) is 0 Å². The zero-order chi connectivity index (χ0) is 24.3. The molecule has 7 nitrogen and oxygen atoms in total. The zero-order valence-corrected chi connectivity index (χ0v) is 21.9. The Morgan fingerprint density at radius 3 is 1.50 bits per heavy atom. The van der Waals surface area contributed by atoms with Crippen molar-refractivity contribution in [2.24, 2.45) is 11.8 Å². The summed E-state index contributed by atoms with van der Waals surface area (Å²) in [6, 6.07) is 19.8. The molecule has 0 heterocycles. The molecule has 0 bridgehead atoms. The Bertz CT molecular complexity index is 707. The van der Waals surface area contributed by atoms with Crippen LogP contribution in [0.15, 0.2) is 60.7 Å². The van der Waals surface area contributed by atoms with Crippen molar-refractivity contribution in [2.45, 2.75) is 13.2 Å². The van der Waals surface area contributed by atoms with Crippen molar-refractivity contribution < 1.29 is 33.3 Å². The third-order valence-electron chi connectivity index (χ3n) is 4.67. The first-order chi connectivity index (χ1) is 16.7. The molecule has 2 N–H and O–H groups in total. The second kappa shape index (κ2) is 19.3. The molecule has 0 fully saturated rings. The first kappa shape index (κ1) is 29.4. The highest BCUT2D eigenvalue weighted by Gasteiger charge is 2.11. The molecule has 2 atom stereocenters. The summed E-state index contributed by atoms with van der Waals surface area (Å²) in [5.74, 6) is 1.69. The Labute approximate surface area is 211 Å². The number of benzene rings is 2. The lowest BCUT2D eigenvalue weighted by atomic mass is 10.2. The van der Waals surface area contributed by atoms with E-state index in [0.29, 0.717) is 37.9 Å². The SMILES string of the molecule is O=[PH](OCSCC(CO)COCc1ccccc1)OCSCC(CO)COCc1ccccc1. The topological polar surface area (TPSA) is 94.5 Å². The lowest BCUT2D eigenvalue weighted by Crippen LogP contribution is -2.17. The van der Waals surface area contributed by atoms with E-state index in [0.717, 1.165) is 11.1 Å². The fourth-order valence-electron chi connectivity index (χ4n) is 2.79. The molecule has 0 aromatic heterocycles. The van der Waals surface area contributed by atoms with Gasteiger partial charge in [0.1, 0.15) is 11.9 Å². The maximum absolute atomic E-state index is 11.9. The number of hydrogen-bond acceptors (Lipinski definition) is 9. The van der Waals surface area contributed by atoms with Crippen molar-refractivity contribution in [3.63, 3.8) is 0 Å². The Morgan fingerprint density at radius 1 is 0.706 bits per heavy atom. The molecule has 10 heteroatoms. The predicted octanol–water partition coefficient (Wildman–Crippen LogP) is 4.44. The van der Waals surface area contributed by atoms with Crippen LogP contribution in [0.3, 0.4) is 0 Å². The van der Waals surface area contributed by atoms with Crippen molar-refractivity contribution in [3.8, 4) is 0 Å². The summed E-state index contributed by atoms with van der Waals surface area (Å²) < 4.78 is 33.7. The smallest absolute Gasteiger partial charge is 0.320 e. The van der Waals surface area contributed by atoms with Crippen LogP contribution in [-0.4, -0.2) is 60.0 Å². The fraction of sp³-hybridized carbons (Fsp3) is 0.500. The zero-order valence-electron chi connectivity index (χ0n) is 19.3. The molecule has 0 spiro atoms. The molecule has 34 heavy (non-hydrogen) atoms. The second-order valence-electron chi connectivity index (χ2n) is 7.61. The van der Waals surface area contributed by atoms with Crippen LogP contribution in [0.2, 0.25) is 0 Å². The normalized spacial score (nSPS) is 14.1. The molecule has 2 unspecified atom stereocenters. The van der Waals surface area contributed by atoms with E-state index in [-0.39, 0.29) is 36.9 Å². The highest BCUT2D eigenvalue weighted by Crippen LogP contribution is 2.28. The summed E-state index contributed by atoms with van der Waals surface area (Å²) in [5.41, 5.74) is 2.18. The summed E-state index contributed by atoms with van der Waals surface area (Å²) >= 11 is 2.88. The molecule has 0 aliphatic rings. The molecule has 0 aliphatic heterocycles. The van der Waals surface area contributed by atoms with Gasteiger partial charge in [0.05, 0.1) is 26.4 Å². The minimum absolute atomic E-state index is 0.0179. The van der Waals surface area contributed by atoms with Crippen molar-refractivity contribution >= 4 is 31.8 Å². The molecule has 2 rings (SSSR count). The van der Waals surface area contributed by atoms with Gasteiger partial charge in [0, 0.05) is 36.6 Å². The standard InChI is InChI=1S/C24H35O7PS2/c25-11-23(15-28-13-21-7-3-1-4-8-21)17-33-19-30-32(27)31-20-34-18-24(12-26)16-29-14-22-9-5-2-6-10-22/h1-10,23-26,32H,11-20H2. The number of rotatable bonds is 20. The number of ether oxygens (including phenoxy) is 2. The van der Waals surface area contributed by atoms with Crippen molar-refractivity contribution in [1.29, 1.82) is 0 Å². The van der Waals surface area contributed by atoms with Gasteiger partial charge < -0.3 is 19.7 Å². The first-order valence-electron chi connectivity index (χ1n) is 11.1. The molecule has 2 aromatic carbocycles. The number of aliphatic hydroxyl groups excluding tert-OH is 2. The van der Waals surface area contributed by atoms with Gasteiger partial charge in [-0.1, -0.05) is 60.7 Å². The highest BCUT2D eigenvalue weighted by atomic mass is 32.2. The minimum atomic E-state index is -2.58. The molecule has 2 aromatic rings. The second-order valence-corrected chi connectivity index (χ2v) is 10.6. The van der Waals surface area contributed by atoms with Gasteiger partial charge in [-0.05, 0) is 11.1 Å². The number of aliphatic hydroxyl groups is 2. The van der Waals surface area contributed by atoms with E-state index in [2.05, 4.69) is 0 Å². The van der Waals surface area contributed by atoms with Crippen LogP contribution in [0.5, 0.6) is 0 Å². The quantitative estimate of drug-likeness (QED) is 0.146. The van der Waals surface area contributed by atoms with E-state index in [9.17, 15) is 14.8 Å². The maximum atomic E-state index is 11.9. The Hall–Kier alpha value is -0.870. The van der Waals surface area contributed by atoms with Crippen molar-refractivity contribution in [2.75, 3.05) is 49.8 Å². The van der Waals surface area contributed by atoms with Gasteiger partial charge in [-0.15, -0.1) is 23.5 Å². The lowest BCUT2D eigenvalue weighted by molar-refractivity contribution is 0.0711. The van der Waals surface area contributed by atoms with Crippen LogP contribution in [0.25, 0.3) is 0 Å². The molecule has 0 saturated carbocycles. The summed E-state index contributed by atoms with van der Waals surface area (Å²) in [4.78, 5) is 0. The molecule has 0 amide bonds. The minimum Gasteiger partial charge on any atom is -0.396 e. The van der Waals surface area contributed by atoms with Crippen LogP contribution >= 0.6 is 31.8 Å². The van der Waals surface area contributed by atoms with E-state index in [4.69, 9.17) is 18.5 Å². The van der Waals surface area contributed by atoms with Crippen LogP contribution in [0, 0.1) is 11.8 Å². The first-order valence-corrected chi connectivity index (χ1v) is 14.6. The molecule has 0 aliphatic carbocycles. The van der Waals surface area contributed by atoms with Gasteiger partial charge in [-0.25, -0.2) is 0 Å². The summed E-state index contributed by atoms with van der Waals surface area (Å²) in [7, 11) is -2.58. The lowest BCUT2D eigenvalue weighted by Gasteiger charge is -2.15. The average molecular weight is 531 g/mol. The maximum Gasteiger partial charge on any atom is 0.320 e. The average Bonchev–Trinajstić information content (AvgIpc) is 2.88. The molecule has 190 valence electrons. The highest BCUT2D eigenvalue weighted by molar-refractivity contribution is 7.99. The van der Waals surface area contributed by atoms with Gasteiger partial charge >= 0.3 is 8.25 Å². The van der Waals surface area contributed by atoms with Gasteiger partial charge in [-0.3, -0.25) is 13.6 Å². The van der Waals surface area contributed by atoms with Crippen LogP contribution < -0.4 is 0 Å². The van der Waals surface area contributed by atoms with Gasteiger partial charge in [0.15, 0.2) is 0 Å². The Morgan fingerprint density at radius 2 is 1.12 bits per heavy atom. The van der Waals surface area contributed by atoms with Crippen molar-refractivity contribution in [1.82, 2.24) is 0 Å². The number of hydrogen-bond donors (Lipinski definition) is 2. The predicted molar refractivity (Wildman–Crippen MR) is 139 cm³/mol. The molecule has 0 saturated heterocycles. The molecule has 0 radical (unpaired) electrons. The Balaban J connectivity index is 1.46. The largest absolute Gasteiger partial charge is 0.396 e. The van der Waals surface area contributed by atoms with Crippen LogP contribution in [-0.2, 0) is 36.3 Å². The van der Waals surface area contributed by atoms with E-state index in [1.807, 2.05) is 60.7 Å². The van der Waals surface area contributed by atoms with Gasteiger partial charge in [-0.2, -0.15) is 0 Å². The van der Waals surface area contributed by atoms with E-state index >= 15 is 0 Å². The van der Waals surface area contributed by atoms with Gasteiger partial charge in [0.2, 0.25) is 0 Å². The van der Waals surface area contributed by atoms with E-state index in [1.165, 1.54) is 23.5 Å². The van der Waals surface area contributed by atoms with E-state index in [1.54, 1.807) is 0 Å². The van der Waals surface area contributed by atoms with Gasteiger partial charge in [0.25, 0.3) is 0 Å². The summed E-state index contributed by atoms with van der Waals surface area (Å²) in [6.45, 7) is 1.95. The summed E-state index contributed by atoms with van der Waals surface area (Å²) in [5, 5.41) is 19.0. The third-order valence-corrected chi connectivity index (χ3v) is 7.84. The summed E-state index contributed by atoms with van der Waals surface area (Å²) in [6.07, 6.45) is 0. The fourth-order valence-corrected chi connectivity index (χ4v) is 5.58. The van der Waals surface area contributed by atoms with Crippen LogP contribution in [0.1, 0.15) is 11.1 Å². The third kappa shape index (κ3) is 13.9. The number of thioether (sulfide) groups is 2. The molecular formula is C24H35O7PS2. The monoisotopic (exact) mass is 530 g/mol. The van der Waals surface area contributed by atoms with E-state index < -0.39 is 8.25 Å².